The Bertz CT molecular complexity index is 432. The van der Waals surface area contributed by atoms with Gasteiger partial charge in [0.25, 0.3) is 0 Å². The average Bonchev–Trinajstić information content (AvgIpc) is 2.74. The van der Waals surface area contributed by atoms with E-state index in [-0.39, 0.29) is 12.3 Å². The summed E-state index contributed by atoms with van der Waals surface area (Å²) in [6.45, 7) is 6.75. The number of hydrogen-bond acceptors (Lipinski definition) is 5. The normalized spacial score (nSPS) is 10.3. The molecule has 0 unspecified atom stereocenters. The molecule has 1 aromatic heterocycles. The number of rotatable bonds is 6. The lowest BCUT2D eigenvalue weighted by Gasteiger charge is -2.06. The van der Waals surface area contributed by atoms with Crippen molar-refractivity contribution in [3.63, 3.8) is 0 Å². The number of anilines is 1. The van der Waals surface area contributed by atoms with Gasteiger partial charge in [0.15, 0.2) is 5.13 Å². The van der Waals surface area contributed by atoms with Gasteiger partial charge < -0.3 is 10.1 Å². The van der Waals surface area contributed by atoms with Crippen LogP contribution < -0.4 is 10.6 Å². The fourth-order valence-electron chi connectivity index (χ4n) is 1.25. The van der Waals surface area contributed by atoms with Gasteiger partial charge in [0.05, 0.1) is 18.7 Å². The molecule has 0 fully saturated rings. The van der Waals surface area contributed by atoms with Gasteiger partial charge in [0, 0.05) is 11.9 Å². The predicted molar refractivity (Wildman–Crippen MR) is 74.3 cm³/mol. The summed E-state index contributed by atoms with van der Waals surface area (Å²) in [5, 5.41) is 7.50. The number of aromatic nitrogens is 1. The highest BCUT2D eigenvalue weighted by atomic mass is 32.1. The van der Waals surface area contributed by atoms with Crippen LogP contribution in [0.4, 0.5) is 9.93 Å². The molecule has 0 saturated heterocycles. The van der Waals surface area contributed by atoms with E-state index in [0.29, 0.717) is 29.9 Å². The molecule has 1 rings (SSSR count). The molecule has 19 heavy (non-hydrogen) atoms. The van der Waals surface area contributed by atoms with Crippen LogP contribution in [0.2, 0.25) is 0 Å². The molecule has 106 valence electrons. The minimum atomic E-state index is -0.535. The number of amides is 2. The molecule has 7 heteroatoms. The summed E-state index contributed by atoms with van der Waals surface area (Å²) in [7, 11) is 0. The Balaban J connectivity index is 2.42. The van der Waals surface area contributed by atoms with Crippen LogP contribution >= 0.6 is 11.3 Å². The van der Waals surface area contributed by atoms with E-state index < -0.39 is 6.09 Å². The number of hydrogen-bond donors (Lipinski definition) is 2. The monoisotopic (exact) mass is 285 g/mol. The highest BCUT2D eigenvalue weighted by molar-refractivity contribution is 7.13. The van der Waals surface area contributed by atoms with Gasteiger partial charge in [-0.2, -0.15) is 0 Å². The third-order valence-corrected chi connectivity index (χ3v) is 2.89. The number of thiazole rings is 1. The quantitative estimate of drug-likeness (QED) is 0.838. The molecule has 1 aromatic rings. The minimum absolute atomic E-state index is 0.0679. The van der Waals surface area contributed by atoms with Gasteiger partial charge in [-0.25, -0.2) is 9.78 Å². The lowest BCUT2D eigenvalue weighted by atomic mass is 10.2. The predicted octanol–water partition coefficient (Wildman–Crippen LogP) is 2.03. The van der Waals surface area contributed by atoms with Crippen LogP contribution in [0.1, 0.15) is 26.5 Å². The maximum Gasteiger partial charge on any atom is 0.413 e. The highest BCUT2D eigenvalue weighted by Crippen LogP contribution is 2.15. The molecule has 0 aliphatic rings. The molecule has 0 aromatic carbocycles. The molecule has 0 aliphatic carbocycles. The van der Waals surface area contributed by atoms with E-state index in [1.807, 2.05) is 13.8 Å². The molecule has 1 heterocycles. The standard InChI is InChI=1S/C12H19N3O3S/c1-4-18-12(17)15-11-14-9(7-19-11)5-10(16)13-6-8(2)3/h7-8H,4-6H2,1-3H3,(H,13,16)(H,14,15,17). The first kappa shape index (κ1) is 15.4. The van der Waals surface area contributed by atoms with E-state index in [0.717, 1.165) is 0 Å². The molecular weight excluding hydrogens is 266 g/mol. The lowest BCUT2D eigenvalue weighted by molar-refractivity contribution is -0.120. The van der Waals surface area contributed by atoms with Crippen LogP contribution in [0.25, 0.3) is 0 Å². The fourth-order valence-corrected chi connectivity index (χ4v) is 1.94. The number of ether oxygens (including phenoxy) is 1. The minimum Gasteiger partial charge on any atom is -0.450 e. The third-order valence-electron chi connectivity index (χ3n) is 2.09. The molecular formula is C12H19N3O3S. The number of nitrogens with zero attached hydrogens (tertiary/aromatic N) is 1. The second kappa shape index (κ2) is 7.73. The first-order valence-electron chi connectivity index (χ1n) is 6.16. The second-order valence-corrected chi connectivity index (χ2v) is 5.22. The molecule has 2 N–H and O–H groups in total. The molecule has 6 nitrogen and oxygen atoms in total. The maximum absolute atomic E-state index is 11.6. The Kier molecular flexibility index (Phi) is 6.27. The van der Waals surface area contributed by atoms with Crippen molar-refractivity contribution in [2.45, 2.75) is 27.2 Å². The molecule has 0 bridgehead atoms. The Labute approximate surface area is 116 Å². The van der Waals surface area contributed by atoms with E-state index in [9.17, 15) is 9.59 Å². The Morgan fingerprint density at radius 2 is 2.21 bits per heavy atom. The zero-order chi connectivity index (χ0) is 14.3. The average molecular weight is 285 g/mol. The van der Waals surface area contributed by atoms with Crippen molar-refractivity contribution >= 4 is 28.5 Å². The van der Waals surface area contributed by atoms with E-state index in [1.54, 1.807) is 12.3 Å². The van der Waals surface area contributed by atoms with Gasteiger partial charge in [-0.05, 0) is 12.8 Å². The van der Waals surface area contributed by atoms with Crippen molar-refractivity contribution in [3.8, 4) is 0 Å². The van der Waals surface area contributed by atoms with Gasteiger partial charge in [-0.3, -0.25) is 10.1 Å². The zero-order valence-electron chi connectivity index (χ0n) is 11.4. The van der Waals surface area contributed by atoms with E-state index in [4.69, 9.17) is 4.74 Å². The molecule has 0 saturated carbocycles. The second-order valence-electron chi connectivity index (χ2n) is 4.36. The maximum atomic E-state index is 11.6. The zero-order valence-corrected chi connectivity index (χ0v) is 12.2. The third kappa shape index (κ3) is 6.19. The van der Waals surface area contributed by atoms with Crippen LogP contribution in [-0.2, 0) is 16.0 Å². The van der Waals surface area contributed by atoms with Crippen molar-refractivity contribution < 1.29 is 14.3 Å². The van der Waals surface area contributed by atoms with Crippen LogP contribution in [-0.4, -0.2) is 30.1 Å². The van der Waals surface area contributed by atoms with Gasteiger partial charge in [-0.15, -0.1) is 11.3 Å². The molecule has 0 aliphatic heterocycles. The van der Waals surface area contributed by atoms with Crippen molar-refractivity contribution in [2.75, 3.05) is 18.5 Å². The summed E-state index contributed by atoms with van der Waals surface area (Å²) >= 11 is 1.27. The molecule has 0 radical (unpaired) electrons. The summed E-state index contributed by atoms with van der Waals surface area (Å²) in [5.41, 5.74) is 0.637. The Morgan fingerprint density at radius 1 is 1.47 bits per heavy atom. The summed E-state index contributed by atoms with van der Waals surface area (Å²) in [4.78, 5) is 26.9. The highest BCUT2D eigenvalue weighted by Gasteiger charge is 2.10. The van der Waals surface area contributed by atoms with Gasteiger partial charge >= 0.3 is 6.09 Å². The molecule has 0 atom stereocenters. The van der Waals surface area contributed by atoms with E-state index >= 15 is 0 Å². The summed E-state index contributed by atoms with van der Waals surface area (Å²) in [5.74, 6) is 0.349. The van der Waals surface area contributed by atoms with Crippen LogP contribution in [0.5, 0.6) is 0 Å². The van der Waals surface area contributed by atoms with Crippen molar-refractivity contribution in [2.24, 2.45) is 5.92 Å². The first-order valence-corrected chi connectivity index (χ1v) is 7.04. The summed E-state index contributed by atoms with van der Waals surface area (Å²) < 4.78 is 4.74. The largest absolute Gasteiger partial charge is 0.450 e. The smallest absolute Gasteiger partial charge is 0.413 e. The topological polar surface area (TPSA) is 80.3 Å². The Morgan fingerprint density at radius 3 is 2.84 bits per heavy atom. The number of carbonyl (C=O) groups is 2. The van der Waals surface area contributed by atoms with Crippen molar-refractivity contribution in [1.82, 2.24) is 10.3 Å². The number of carbonyl (C=O) groups excluding carboxylic acids is 2. The summed E-state index contributed by atoms with van der Waals surface area (Å²) in [6.07, 6.45) is -0.319. The Hall–Kier alpha value is -1.63. The number of nitrogens with one attached hydrogen (secondary N) is 2. The van der Waals surface area contributed by atoms with Crippen molar-refractivity contribution in [3.05, 3.63) is 11.1 Å². The van der Waals surface area contributed by atoms with Gasteiger partial charge in [0.2, 0.25) is 5.91 Å². The SMILES string of the molecule is CCOC(=O)Nc1nc(CC(=O)NCC(C)C)cs1. The van der Waals surface area contributed by atoms with E-state index in [2.05, 4.69) is 15.6 Å². The summed E-state index contributed by atoms with van der Waals surface area (Å²) in [6, 6.07) is 0. The van der Waals surface area contributed by atoms with Crippen LogP contribution in [0.15, 0.2) is 5.38 Å². The molecule has 2 amide bonds. The lowest BCUT2D eigenvalue weighted by Crippen LogP contribution is -2.28. The first-order chi connectivity index (χ1) is 9.01. The van der Waals surface area contributed by atoms with Crippen molar-refractivity contribution in [1.29, 1.82) is 0 Å². The van der Waals surface area contributed by atoms with Crippen LogP contribution in [0.3, 0.4) is 0 Å². The van der Waals surface area contributed by atoms with E-state index in [1.165, 1.54) is 11.3 Å². The molecule has 0 spiro atoms. The van der Waals surface area contributed by atoms with Gasteiger partial charge in [0.1, 0.15) is 0 Å². The van der Waals surface area contributed by atoms with Gasteiger partial charge in [-0.1, -0.05) is 13.8 Å². The van der Waals surface area contributed by atoms with Crippen LogP contribution in [0, 0.1) is 5.92 Å². The fraction of sp³-hybridized carbons (Fsp3) is 0.583.